The second kappa shape index (κ2) is 7.66. The number of hydrogen-bond donors (Lipinski definition) is 2. The van der Waals surface area contributed by atoms with E-state index in [2.05, 4.69) is 5.32 Å². The van der Waals surface area contributed by atoms with E-state index in [-0.39, 0.29) is 30.2 Å². The monoisotopic (exact) mass is 327 g/mol. The van der Waals surface area contributed by atoms with Gasteiger partial charge in [0.2, 0.25) is 5.91 Å². The predicted octanol–water partition coefficient (Wildman–Crippen LogP) is 1.39. The molecule has 1 heterocycles. The zero-order valence-corrected chi connectivity index (χ0v) is 14.8. The van der Waals surface area contributed by atoms with Crippen LogP contribution in [0.3, 0.4) is 0 Å². The molecule has 0 aromatic carbocycles. The fourth-order valence-corrected chi connectivity index (χ4v) is 2.71. The highest BCUT2D eigenvalue weighted by Crippen LogP contribution is 2.24. The summed E-state index contributed by atoms with van der Waals surface area (Å²) in [5, 5.41) is 12.0. The quantitative estimate of drug-likeness (QED) is 0.798. The summed E-state index contributed by atoms with van der Waals surface area (Å²) in [6.07, 6.45) is 1.10. The topological polar surface area (TPSA) is 90.0 Å². The summed E-state index contributed by atoms with van der Waals surface area (Å²) in [5.41, 5.74) is -0.764. The molecule has 23 heavy (non-hydrogen) atoms. The van der Waals surface area contributed by atoms with Gasteiger partial charge in [-0.3, -0.25) is 9.59 Å². The Kier molecular flexibility index (Phi) is 6.41. The number of urea groups is 1. The minimum Gasteiger partial charge on any atom is -0.481 e. The first-order valence-corrected chi connectivity index (χ1v) is 8.07. The van der Waals surface area contributed by atoms with E-state index in [1.54, 1.807) is 25.9 Å². The van der Waals surface area contributed by atoms with Crippen molar-refractivity contribution in [2.75, 3.05) is 27.2 Å². The largest absolute Gasteiger partial charge is 0.481 e. The summed E-state index contributed by atoms with van der Waals surface area (Å²) in [6, 6.07) is -0.0400. The number of carbonyl (C=O) groups is 3. The molecule has 1 fully saturated rings. The van der Waals surface area contributed by atoms with Crippen molar-refractivity contribution in [2.45, 2.75) is 45.6 Å². The predicted molar refractivity (Wildman–Crippen MR) is 87.0 cm³/mol. The van der Waals surface area contributed by atoms with Crippen molar-refractivity contribution in [3.05, 3.63) is 0 Å². The number of carboxylic acids is 1. The first kappa shape index (κ1) is 19.3. The van der Waals surface area contributed by atoms with Gasteiger partial charge < -0.3 is 20.2 Å². The molecule has 1 aliphatic heterocycles. The molecule has 2 N–H and O–H groups in total. The second-order valence-electron chi connectivity index (χ2n) is 7.07. The summed E-state index contributed by atoms with van der Waals surface area (Å²) in [5.74, 6) is -1.20. The standard InChI is InChI=1S/C16H29N3O4/c1-11(2)16(3,10-13(20)21)17-14(22)12-6-8-19(9-7-12)15(23)18(4)5/h11-12H,6-10H2,1-5H3,(H,17,22)(H,20,21). The Balaban J connectivity index is 2.62. The van der Waals surface area contributed by atoms with Crippen LogP contribution in [0.1, 0.15) is 40.0 Å². The molecule has 0 radical (unpaired) electrons. The molecule has 0 bridgehead atoms. The van der Waals surface area contributed by atoms with E-state index in [9.17, 15) is 14.4 Å². The van der Waals surface area contributed by atoms with Crippen molar-refractivity contribution in [1.82, 2.24) is 15.1 Å². The van der Waals surface area contributed by atoms with E-state index in [1.165, 1.54) is 4.90 Å². The smallest absolute Gasteiger partial charge is 0.319 e. The van der Waals surface area contributed by atoms with Crippen LogP contribution in [0.15, 0.2) is 0 Å². The van der Waals surface area contributed by atoms with E-state index >= 15 is 0 Å². The van der Waals surface area contributed by atoms with E-state index in [0.717, 1.165) is 0 Å². The molecule has 0 aromatic rings. The lowest BCUT2D eigenvalue weighted by Gasteiger charge is -2.37. The summed E-state index contributed by atoms with van der Waals surface area (Å²) < 4.78 is 0. The highest BCUT2D eigenvalue weighted by atomic mass is 16.4. The number of carbonyl (C=O) groups excluding carboxylic acids is 2. The second-order valence-corrected chi connectivity index (χ2v) is 7.07. The van der Waals surface area contributed by atoms with Crippen LogP contribution < -0.4 is 5.32 Å². The third-order valence-electron chi connectivity index (χ3n) is 4.72. The lowest BCUT2D eigenvalue weighted by atomic mass is 9.84. The Labute approximate surface area is 138 Å². The molecule has 0 aromatic heterocycles. The summed E-state index contributed by atoms with van der Waals surface area (Å²) in [7, 11) is 3.42. The van der Waals surface area contributed by atoms with Gasteiger partial charge in [0.1, 0.15) is 0 Å². The van der Waals surface area contributed by atoms with Crippen LogP contribution in [-0.2, 0) is 9.59 Å². The summed E-state index contributed by atoms with van der Waals surface area (Å²) >= 11 is 0. The zero-order chi connectivity index (χ0) is 17.8. The van der Waals surface area contributed by atoms with Gasteiger partial charge in [-0.25, -0.2) is 4.79 Å². The fraction of sp³-hybridized carbons (Fsp3) is 0.812. The van der Waals surface area contributed by atoms with Gasteiger partial charge in [0.05, 0.1) is 6.42 Å². The first-order valence-electron chi connectivity index (χ1n) is 8.07. The van der Waals surface area contributed by atoms with E-state index in [0.29, 0.717) is 25.9 Å². The summed E-state index contributed by atoms with van der Waals surface area (Å²) in [4.78, 5) is 38.7. The fourth-order valence-electron chi connectivity index (χ4n) is 2.71. The van der Waals surface area contributed by atoms with Crippen molar-refractivity contribution >= 4 is 17.9 Å². The third-order valence-corrected chi connectivity index (χ3v) is 4.72. The normalized spacial score (nSPS) is 18.4. The number of likely N-dealkylation sites (tertiary alicyclic amines) is 1. The van der Waals surface area contributed by atoms with Crippen LogP contribution in [-0.4, -0.2) is 65.5 Å². The molecule has 1 rings (SSSR count). The van der Waals surface area contributed by atoms with Gasteiger partial charge in [-0.05, 0) is 25.7 Å². The minimum atomic E-state index is -0.923. The molecule has 0 spiro atoms. The van der Waals surface area contributed by atoms with Gasteiger partial charge in [-0.1, -0.05) is 13.8 Å². The maximum absolute atomic E-state index is 12.5. The zero-order valence-electron chi connectivity index (χ0n) is 14.8. The van der Waals surface area contributed by atoms with Gasteiger partial charge in [0, 0.05) is 38.6 Å². The number of hydrogen-bond acceptors (Lipinski definition) is 3. The molecule has 1 aliphatic rings. The SMILES string of the molecule is CC(C)C(C)(CC(=O)O)NC(=O)C1CCN(C(=O)N(C)C)CC1. The van der Waals surface area contributed by atoms with Crippen molar-refractivity contribution in [2.24, 2.45) is 11.8 Å². The van der Waals surface area contributed by atoms with Crippen LogP contribution in [0.25, 0.3) is 0 Å². The van der Waals surface area contributed by atoms with Gasteiger partial charge in [0.15, 0.2) is 0 Å². The van der Waals surface area contributed by atoms with Gasteiger partial charge in [0.25, 0.3) is 0 Å². The molecule has 132 valence electrons. The number of nitrogens with one attached hydrogen (secondary N) is 1. The van der Waals surface area contributed by atoms with Crippen molar-refractivity contribution in [3.63, 3.8) is 0 Å². The lowest BCUT2D eigenvalue weighted by molar-refractivity contribution is -0.140. The van der Waals surface area contributed by atoms with E-state index in [4.69, 9.17) is 5.11 Å². The van der Waals surface area contributed by atoms with Crippen LogP contribution in [0, 0.1) is 11.8 Å². The molecule has 0 aliphatic carbocycles. The van der Waals surface area contributed by atoms with Gasteiger partial charge in [-0.2, -0.15) is 0 Å². The van der Waals surface area contributed by atoms with Crippen LogP contribution in [0.2, 0.25) is 0 Å². The number of piperidine rings is 1. The van der Waals surface area contributed by atoms with Gasteiger partial charge in [-0.15, -0.1) is 0 Å². The highest BCUT2D eigenvalue weighted by molar-refractivity contribution is 5.81. The Morgan fingerprint density at radius 1 is 1.26 bits per heavy atom. The molecule has 7 nitrogen and oxygen atoms in total. The van der Waals surface area contributed by atoms with E-state index in [1.807, 2.05) is 13.8 Å². The van der Waals surface area contributed by atoms with Gasteiger partial charge >= 0.3 is 12.0 Å². The number of aliphatic carboxylic acids is 1. The molecular formula is C16H29N3O4. The van der Waals surface area contributed by atoms with Crippen molar-refractivity contribution in [3.8, 4) is 0 Å². The average molecular weight is 327 g/mol. The highest BCUT2D eigenvalue weighted by Gasteiger charge is 2.36. The maximum Gasteiger partial charge on any atom is 0.319 e. The average Bonchev–Trinajstić information content (AvgIpc) is 2.45. The number of amides is 3. The maximum atomic E-state index is 12.5. The number of nitrogens with zero attached hydrogens (tertiary/aromatic N) is 2. The number of carboxylic acid groups (broad SMARTS) is 1. The van der Waals surface area contributed by atoms with Crippen molar-refractivity contribution in [1.29, 1.82) is 0 Å². The molecular weight excluding hydrogens is 298 g/mol. The molecule has 3 amide bonds. The third kappa shape index (κ3) is 5.11. The minimum absolute atomic E-state index is 0.0120. The Morgan fingerprint density at radius 3 is 2.17 bits per heavy atom. The van der Waals surface area contributed by atoms with Crippen molar-refractivity contribution < 1.29 is 19.5 Å². The first-order chi connectivity index (χ1) is 10.6. The lowest BCUT2D eigenvalue weighted by Crippen LogP contribution is -2.54. The summed E-state index contributed by atoms with van der Waals surface area (Å²) in [6.45, 7) is 6.68. The van der Waals surface area contributed by atoms with Crippen LogP contribution in [0.4, 0.5) is 4.79 Å². The molecule has 1 unspecified atom stereocenters. The molecule has 1 atom stereocenters. The Bertz CT molecular complexity index is 456. The van der Waals surface area contributed by atoms with Crippen LogP contribution in [0.5, 0.6) is 0 Å². The Morgan fingerprint density at radius 2 is 1.78 bits per heavy atom. The molecule has 7 heteroatoms. The number of rotatable bonds is 5. The van der Waals surface area contributed by atoms with Crippen LogP contribution >= 0.6 is 0 Å². The molecule has 0 saturated carbocycles. The van der Waals surface area contributed by atoms with E-state index < -0.39 is 11.5 Å². The molecule has 1 saturated heterocycles. The Hall–Kier alpha value is -1.79.